The number of aryl methyl sites for hydroxylation is 2. The molecule has 0 spiro atoms. The van der Waals surface area contributed by atoms with Crippen molar-refractivity contribution in [2.24, 2.45) is 0 Å². The van der Waals surface area contributed by atoms with Crippen LogP contribution in [0.25, 0.3) is 17.0 Å². The molecule has 138 valence electrons. The molecule has 5 nitrogen and oxygen atoms in total. The van der Waals surface area contributed by atoms with E-state index in [9.17, 15) is 9.59 Å². The van der Waals surface area contributed by atoms with Crippen molar-refractivity contribution in [3.05, 3.63) is 76.6 Å². The number of hydrogen-bond donors (Lipinski definition) is 1. The van der Waals surface area contributed by atoms with E-state index in [1.165, 1.54) is 6.08 Å². The number of carbonyl (C=O) groups is 2. The lowest BCUT2D eigenvalue weighted by Crippen LogP contribution is -2.26. The molecule has 2 aromatic carbocycles. The van der Waals surface area contributed by atoms with Gasteiger partial charge in [0.15, 0.2) is 0 Å². The molecule has 27 heavy (non-hydrogen) atoms. The largest absolute Gasteiger partial charge is 0.478 e. The smallest absolute Gasteiger partial charge is 0.328 e. The summed E-state index contributed by atoms with van der Waals surface area (Å²) in [7, 11) is 1.74. The third kappa shape index (κ3) is 3.92. The summed E-state index contributed by atoms with van der Waals surface area (Å²) in [6, 6.07) is 12.8. The minimum absolute atomic E-state index is 0.125. The molecule has 3 rings (SSSR count). The van der Waals surface area contributed by atoms with Gasteiger partial charge in [-0.25, -0.2) is 4.79 Å². The Morgan fingerprint density at radius 1 is 1.11 bits per heavy atom. The van der Waals surface area contributed by atoms with Gasteiger partial charge in [0.1, 0.15) is 11.3 Å². The van der Waals surface area contributed by atoms with Crippen LogP contribution in [0.4, 0.5) is 0 Å². The molecule has 5 heteroatoms. The second kappa shape index (κ2) is 7.50. The highest BCUT2D eigenvalue weighted by Gasteiger charge is 2.17. The van der Waals surface area contributed by atoms with Gasteiger partial charge in [-0.15, -0.1) is 0 Å². The highest BCUT2D eigenvalue weighted by molar-refractivity contribution is 5.94. The van der Waals surface area contributed by atoms with Crippen LogP contribution < -0.4 is 0 Å². The summed E-state index contributed by atoms with van der Waals surface area (Å²) in [4.78, 5) is 24.9. The Labute approximate surface area is 157 Å². The zero-order valence-corrected chi connectivity index (χ0v) is 15.5. The second-order valence-corrected chi connectivity index (χ2v) is 6.56. The highest BCUT2D eigenvalue weighted by atomic mass is 16.4. The van der Waals surface area contributed by atoms with Crippen LogP contribution in [0, 0.1) is 13.8 Å². The van der Waals surface area contributed by atoms with Crippen LogP contribution >= 0.6 is 0 Å². The van der Waals surface area contributed by atoms with E-state index in [1.807, 2.05) is 32.0 Å². The SMILES string of the molecule is Cc1c(CN(C)C(=O)c2ccc(/C=C/C(=O)O)cc2)oc2c(C)cccc12. The number of hydrogen-bond acceptors (Lipinski definition) is 3. The van der Waals surface area contributed by atoms with Crippen LogP contribution in [-0.2, 0) is 11.3 Å². The normalized spacial score (nSPS) is 11.2. The van der Waals surface area contributed by atoms with Crippen molar-refractivity contribution in [1.82, 2.24) is 4.90 Å². The number of carboxylic acid groups (broad SMARTS) is 1. The van der Waals surface area contributed by atoms with Gasteiger partial charge in [0.25, 0.3) is 5.91 Å². The number of carbonyl (C=O) groups excluding carboxylic acids is 1. The maximum Gasteiger partial charge on any atom is 0.328 e. The van der Waals surface area contributed by atoms with Crippen molar-refractivity contribution in [3.63, 3.8) is 0 Å². The summed E-state index contributed by atoms with van der Waals surface area (Å²) in [6.07, 6.45) is 2.55. The van der Waals surface area contributed by atoms with Gasteiger partial charge in [0, 0.05) is 29.6 Å². The van der Waals surface area contributed by atoms with E-state index in [2.05, 4.69) is 0 Å². The molecule has 0 saturated heterocycles. The Morgan fingerprint density at radius 2 is 1.81 bits per heavy atom. The Kier molecular flexibility index (Phi) is 5.12. The van der Waals surface area contributed by atoms with E-state index < -0.39 is 5.97 Å². The molecule has 0 aliphatic carbocycles. The van der Waals surface area contributed by atoms with Gasteiger partial charge < -0.3 is 14.4 Å². The van der Waals surface area contributed by atoms with Gasteiger partial charge in [-0.3, -0.25) is 4.79 Å². The first-order chi connectivity index (χ1) is 12.9. The minimum Gasteiger partial charge on any atom is -0.478 e. The monoisotopic (exact) mass is 363 g/mol. The molecular weight excluding hydrogens is 342 g/mol. The Bertz CT molecular complexity index is 1030. The molecule has 0 saturated carbocycles. The molecule has 1 N–H and O–H groups in total. The predicted molar refractivity (Wildman–Crippen MR) is 105 cm³/mol. The van der Waals surface area contributed by atoms with E-state index in [4.69, 9.17) is 9.52 Å². The summed E-state index contributed by atoms with van der Waals surface area (Å²) < 4.78 is 6.00. The molecule has 1 aromatic heterocycles. The highest BCUT2D eigenvalue weighted by Crippen LogP contribution is 2.28. The third-order valence-corrected chi connectivity index (χ3v) is 4.56. The van der Waals surface area contributed by atoms with E-state index >= 15 is 0 Å². The fraction of sp³-hybridized carbons (Fsp3) is 0.182. The summed E-state index contributed by atoms with van der Waals surface area (Å²) >= 11 is 0. The predicted octanol–water partition coefficient (Wildman–Crippen LogP) is 4.42. The van der Waals surface area contributed by atoms with Crippen molar-refractivity contribution in [3.8, 4) is 0 Å². The topological polar surface area (TPSA) is 70.8 Å². The second-order valence-electron chi connectivity index (χ2n) is 6.56. The third-order valence-electron chi connectivity index (χ3n) is 4.56. The first kappa shape index (κ1) is 18.5. The molecule has 0 fully saturated rings. The van der Waals surface area contributed by atoms with Gasteiger partial charge in [-0.2, -0.15) is 0 Å². The number of benzene rings is 2. The quantitative estimate of drug-likeness (QED) is 0.681. The maximum atomic E-state index is 12.7. The number of nitrogens with zero attached hydrogens (tertiary/aromatic N) is 1. The van der Waals surface area contributed by atoms with Crippen molar-refractivity contribution in [1.29, 1.82) is 0 Å². The molecule has 1 amide bonds. The number of furan rings is 1. The van der Waals surface area contributed by atoms with Crippen molar-refractivity contribution < 1.29 is 19.1 Å². The van der Waals surface area contributed by atoms with Crippen molar-refractivity contribution in [2.45, 2.75) is 20.4 Å². The van der Waals surface area contributed by atoms with Gasteiger partial charge in [0.2, 0.25) is 0 Å². The average molecular weight is 363 g/mol. The molecule has 0 aliphatic heterocycles. The van der Waals surface area contributed by atoms with E-state index in [0.717, 1.165) is 39.5 Å². The van der Waals surface area contributed by atoms with Crippen LogP contribution in [-0.4, -0.2) is 28.9 Å². The Morgan fingerprint density at radius 3 is 2.44 bits per heavy atom. The Balaban J connectivity index is 1.77. The van der Waals surface area contributed by atoms with Gasteiger partial charge in [-0.1, -0.05) is 30.3 Å². The number of para-hydroxylation sites is 1. The zero-order valence-electron chi connectivity index (χ0n) is 15.5. The molecular formula is C22H21NO4. The van der Waals surface area contributed by atoms with Crippen LogP contribution in [0.1, 0.15) is 32.8 Å². The molecule has 0 aliphatic rings. The fourth-order valence-electron chi connectivity index (χ4n) is 3.00. The summed E-state index contributed by atoms with van der Waals surface area (Å²) in [6.45, 7) is 4.38. The lowest BCUT2D eigenvalue weighted by molar-refractivity contribution is -0.131. The lowest BCUT2D eigenvalue weighted by atomic mass is 10.1. The van der Waals surface area contributed by atoms with Crippen LogP contribution in [0.15, 0.2) is 53.0 Å². The average Bonchev–Trinajstić information content (AvgIpc) is 2.97. The fourth-order valence-corrected chi connectivity index (χ4v) is 3.00. The summed E-state index contributed by atoms with van der Waals surface area (Å²) in [5, 5.41) is 9.74. The molecule has 1 heterocycles. The summed E-state index contributed by atoms with van der Waals surface area (Å²) in [5.41, 5.74) is 4.24. The van der Waals surface area contributed by atoms with Gasteiger partial charge in [0.05, 0.1) is 6.54 Å². The first-order valence-electron chi connectivity index (χ1n) is 8.61. The number of carboxylic acids is 1. The molecule has 0 bridgehead atoms. The molecule has 3 aromatic rings. The van der Waals surface area contributed by atoms with Crippen LogP contribution in [0.2, 0.25) is 0 Å². The van der Waals surface area contributed by atoms with Crippen LogP contribution in [0.3, 0.4) is 0 Å². The van der Waals surface area contributed by atoms with E-state index in [1.54, 1.807) is 36.2 Å². The first-order valence-corrected chi connectivity index (χ1v) is 8.61. The number of aliphatic carboxylic acids is 1. The van der Waals surface area contributed by atoms with Gasteiger partial charge >= 0.3 is 5.97 Å². The minimum atomic E-state index is -1.01. The molecule has 0 unspecified atom stereocenters. The van der Waals surface area contributed by atoms with E-state index in [0.29, 0.717) is 12.1 Å². The van der Waals surface area contributed by atoms with E-state index in [-0.39, 0.29) is 5.91 Å². The van der Waals surface area contributed by atoms with Crippen LogP contribution in [0.5, 0.6) is 0 Å². The maximum absolute atomic E-state index is 12.7. The number of amides is 1. The standard InChI is InChI=1S/C22H21NO4/c1-14-5-4-6-18-15(2)19(27-21(14)18)13-23(3)22(26)17-10-7-16(8-11-17)9-12-20(24)25/h4-12H,13H2,1-3H3,(H,24,25)/b12-9+. The molecule has 0 atom stereocenters. The number of fused-ring (bicyclic) bond motifs is 1. The van der Waals surface area contributed by atoms with Crippen molar-refractivity contribution in [2.75, 3.05) is 7.05 Å². The van der Waals surface area contributed by atoms with Crippen molar-refractivity contribution >= 4 is 28.9 Å². The Hall–Kier alpha value is -3.34. The zero-order chi connectivity index (χ0) is 19.6. The number of rotatable bonds is 5. The summed E-state index contributed by atoms with van der Waals surface area (Å²) in [5.74, 6) is -0.358. The lowest BCUT2D eigenvalue weighted by Gasteiger charge is -2.16. The van der Waals surface area contributed by atoms with Gasteiger partial charge in [-0.05, 0) is 43.2 Å². The molecule has 0 radical (unpaired) electrons.